The van der Waals surface area contributed by atoms with Crippen molar-refractivity contribution in [2.45, 2.75) is 71.5 Å². The number of nitrogens with zero attached hydrogens (tertiary/aromatic N) is 5. The van der Waals surface area contributed by atoms with Gasteiger partial charge in [0.1, 0.15) is 5.69 Å². The molecule has 1 aromatic heterocycles. The molecule has 206 valence electrons. The number of carbonyl (C=O) groups is 3. The van der Waals surface area contributed by atoms with Crippen LogP contribution in [0, 0.1) is 0 Å². The van der Waals surface area contributed by atoms with Crippen molar-refractivity contribution in [1.29, 1.82) is 0 Å². The summed E-state index contributed by atoms with van der Waals surface area (Å²) in [6.07, 6.45) is 5.53. The summed E-state index contributed by atoms with van der Waals surface area (Å²) in [5.41, 5.74) is 1.78. The topological polar surface area (TPSA) is 90.8 Å². The maximum absolute atomic E-state index is 13.5. The average Bonchev–Trinajstić information content (AvgIpc) is 3.31. The van der Waals surface area contributed by atoms with Crippen molar-refractivity contribution in [2.75, 3.05) is 39.3 Å². The predicted octanol–water partition coefficient (Wildman–Crippen LogP) is 3.16. The second-order valence-electron chi connectivity index (χ2n) is 10.5. The van der Waals surface area contributed by atoms with Gasteiger partial charge in [-0.15, -0.1) is 0 Å². The maximum Gasteiger partial charge on any atom is 0.274 e. The van der Waals surface area contributed by atoms with E-state index in [1.807, 2.05) is 49.1 Å². The van der Waals surface area contributed by atoms with Gasteiger partial charge < -0.3 is 20.0 Å². The van der Waals surface area contributed by atoms with Crippen LogP contribution in [-0.4, -0.2) is 87.5 Å². The standard InChI is InChI=1S/C29H42N6O3/c1-3-23(2)34(19-13-27(36)30-14-20-32-15-8-5-9-16-32)28(37)25-21-26-29(38)33(17-10-18-35(26)31-25)22-24-11-6-4-7-12-24/h4,6-7,11-12,21,23H,3,5,8-10,13-20,22H2,1-2H3,(H,30,36)/t23-/m0/s1. The van der Waals surface area contributed by atoms with Crippen LogP contribution in [0.15, 0.2) is 36.4 Å². The molecule has 1 atom stereocenters. The van der Waals surface area contributed by atoms with Gasteiger partial charge in [0.2, 0.25) is 5.91 Å². The summed E-state index contributed by atoms with van der Waals surface area (Å²) in [4.78, 5) is 45.4. The van der Waals surface area contributed by atoms with Crippen LogP contribution >= 0.6 is 0 Å². The van der Waals surface area contributed by atoms with Gasteiger partial charge in [-0.2, -0.15) is 5.10 Å². The van der Waals surface area contributed by atoms with Gasteiger partial charge in [0, 0.05) is 57.8 Å². The highest BCUT2D eigenvalue weighted by Gasteiger charge is 2.29. The molecule has 0 radical (unpaired) electrons. The molecule has 0 saturated carbocycles. The normalized spacial score (nSPS) is 17.0. The van der Waals surface area contributed by atoms with E-state index < -0.39 is 0 Å². The first-order chi connectivity index (χ1) is 18.5. The predicted molar refractivity (Wildman–Crippen MR) is 147 cm³/mol. The molecule has 9 heteroatoms. The number of hydrogen-bond acceptors (Lipinski definition) is 5. The second-order valence-corrected chi connectivity index (χ2v) is 10.5. The lowest BCUT2D eigenvalue weighted by atomic mass is 10.1. The molecule has 3 heterocycles. The molecule has 9 nitrogen and oxygen atoms in total. The molecule has 1 saturated heterocycles. The fourth-order valence-electron chi connectivity index (χ4n) is 5.23. The van der Waals surface area contributed by atoms with Gasteiger partial charge in [-0.05, 0) is 51.3 Å². The first-order valence-corrected chi connectivity index (χ1v) is 14.2. The Morgan fingerprint density at radius 1 is 1.05 bits per heavy atom. The summed E-state index contributed by atoms with van der Waals surface area (Å²) in [6.45, 7) is 9.80. The van der Waals surface area contributed by atoms with Crippen molar-refractivity contribution in [3.8, 4) is 0 Å². The summed E-state index contributed by atoms with van der Waals surface area (Å²) in [6, 6.07) is 11.5. The highest BCUT2D eigenvalue weighted by atomic mass is 16.2. The Kier molecular flexibility index (Phi) is 9.92. The van der Waals surface area contributed by atoms with Gasteiger partial charge in [0.05, 0.1) is 0 Å². The van der Waals surface area contributed by atoms with Crippen LogP contribution < -0.4 is 5.32 Å². The third-order valence-corrected chi connectivity index (χ3v) is 7.68. The monoisotopic (exact) mass is 522 g/mol. The van der Waals surface area contributed by atoms with E-state index in [0.29, 0.717) is 38.4 Å². The van der Waals surface area contributed by atoms with Crippen molar-refractivity contribution in [3.63, 3.8) is 0 Å². The van der Waals surface area contributed by atoms with Gasteiger partial charge in [0.15, 0.2) is 5.69 Å². The molecule has 4 rings (SSSR count). The van der Waals surface area contributed by atoms with E-state index >= 15 is 0 Å². The first-order valence-electron chi connectivity index (χ1n) is 14.2. The molecule has 0 spiro atoms. The fraction of sp³-hybridized carbons (Fsp3) is 0.586. The highest BCUT2D eigenvalue weighted by Crippen LogP contribution is 2.19. The number of aryl methyl sites for hydroxylation is 1. The Morgan fingerprint density at radius 3 is 2.55 bits per heavy atom. The zero-order chi connectivity index (χ0) is 26.9. The van der Waals surface area contributed by atoms with Crippen LogP contribution in [0.25, 0.3) is 0 Å². The number of nitrogens with one attached hydrogen (secondary N) is 1. The van der Waals surface area contributed by atoms with Crippen molar-refractivity contribution in [3.05, 3.63) is 53.3 Å². The number of carbonyl (C=O) groups excluding carboxylic acids is 3. The van der Waals surface area contributed by atoms with E-state index in [-0.39, 0.29) is 35.9 Å². The lowest BCUT2D eigenvalue weighted by molar-refractivity contribution is -0.121. The molecular formula is C29H42N6O3. The number of benzene rings is 1. The molecule has 2 aromatic rings. The molecular weight excluding hydrogens is 480 g/mol. The minimum absolute atomic E-state index is 0.0459. The van der Waals surface area contributed by atoms with Gasteiger partial charge in [-0.25, -0.2) is 0 Å². The third-order valence-electron chi connectivity index (χ3n) is 7.68. The Bertz CT molecular complexity index is 1080. The molecule has 3 amide bonds. The minimum atomic E-state index is -0.233. The largest absolute Gasteiger partial charge is 0.355 e. The fourth-order valence-corrected chi connectivity index (χ4v) is 5.23. The van der Waals surface area contributed by atoms with Gasteiger partial charge in [0.25, 0.3) is 11.8 Å². The van der Waals surface area contributed by atoms with Crippen LogP contribution in [0.1, 0.15) is 78.9 Å². The summed E-state index contributed by atoms with van der Waals surface area (Å²) in [7, 11) is 0. The molecule has 1 aromatic carbocycles. The van der Waals surface area contributed by atoms with Crippen molar-refractivity contribution in [2.24, 2.45) is 0 Å². The Labute approximate surface area is 226 Å². The molecule has 1 N–H and O–H groups in total. The summed E-state index contributed by atoms with van der Waals surface area (Å²) in [5.74, 6) is -0.389. The van der Waals surface area contributed by atoms with Gasteiger partial charge in [-0.1, -0.05) is 43.7 Å². The number of likely N-dealkylation sites (tertiary alicyclic amines) is 1. The number of aromatic nitrogens is 2. The molecule has 0 unspecified atom stereocenters. The van der Waals surface area contributed by atoms with E-state index in [1.54, 1.807) is 15.6 Å². The number of hydrogen-bond donors (Lipinski definition) is 1. The zero-order valence-electron chi connectivity index (χ0n) is 22.9. The molecule has 2 aliphatic heterocycles. The molecule has 0 bridgehead atoms. The van der Waals surface area contributed by atoms with Crippen LogP contribution in [0.5, 0.6) is 0 Å². The lowest BCUT2D eigenvalue weighted by Gasteiger charge is -2.28. The van der Waals surface area contributed by atoms with E-state index in [4.69, 9.17) is 0 Å². The van der Waals surface area contributed by atoms with Crippen molar-refractivity contribution >= 4 is 17.7 Å². The van der Waals surface area contributed by atoms with E-state index in [2.05, 4.69) is 15.3 Å². The first kappa shape index (κ1) is 27.8. The van der Waals surface area contributed by atoms with Gasteiger partial charge >= 0.3 is 0 Å². The van der Waals surface area contributed by atoms with E-state index in [1.165, 1.54) is 19.3 Å². The Morgan fingerprint density at radius 2 is 1.82 bits per heavy atom. The number of fused-ring (bicyclic) bond motifs is 1. The van der Waals surface area contributed by atoms with Crippen LogP contribution in [0.3, 0.4) is 0 Å². The quantitative estimate of drug-likeness (QED) is 0.490. The van der Waals surface area contributed by atoms with Crippen LogP contribution in [0.4, 0.5) is 0 Å². The van der Waals surface area contributed by atoms with Crippen LogP contribution in [0.2, 0.25) is 0 Å². The van der Waals surface area contributed by atoms with Crippen molar-refractivity contribution in [1.82, 2.24) is 29.8 Å². The number of amides is 3. The van der Waals surface area contributed by atoms with Crippen LogP contribution in [-0.2, 0) is 17.9 Å². The zero-order valence-corrected chi connectivity index (χ0v) is 22.9. The second kappa shape index (κ2) is 13.6. The summed E-state index contributed by atoms with van der Waals surface area (Å²) >= 11 is 0. The third kappa shape index (κ3) is 7.22. The smallest absolute Gasteiger partial charge is 0.274 e. The SMILES string of the molecule is CC[C@H](C)N(CCC(=O)NCCN1CCCCC1)C(=O)c1cc2n(n1)CCCN(Cc1ccccc1)C2=O. The molecule has 2 aliphatic rings. The average molecular weight is 523 g/mol. The lowest BCUT2D eigenvalue weighted by Crippen LogP contribution is -2.42. The Balaban J connectivity index is 1.37. The van der Waals surface area contributed by atoms with Crippen molar-refractivity contribution < 1.29 is 14.4 Å². The maximum atomic E-state index is 13.5. The molecule has 38 heavy (non-hydrogen) atoms. The molecule has 1 fully saturated rings. The minimum Gasteiger partial charge on any atom is -0.355 e. The van der Waals surface area contributed by atoms with E-state index in [9.17, 15) is 14.4 Å². The van der Waals surface area contributed by atoms with Gasteiger partial charge in [-0.3, -0.25) is 19.1 Å². The molecule has 0 aliphatic carbocycles. The highest BCUT2D eigenvalue weighted by molar-refractivity contribution is 5.98. The summed E-state index contributed by atoms with van der Waals surface area (Å²) in [5, 5.41) is 7.55. The number of rotatable bonds is 11. The Hall–Kier alpha value is -3.20. The summed E-state index contributed by atoms with van der Waals surface area (Å²) < 4.78 is 1.67. The number of piperidine rings is 1. The van der Waals surface area contributed by atoms with E-state index in [0.717, 1.165) is 38.0 Å².